The van der Waals surface area contributed by atoms with Crippen molar-refractivity contribution in [1.82, 2.24) is 15.0 Å². The zero-order valence-electron chi connectivity index (χ0n) is 9.49. The van der Waals surface area contributed by atoms with E-state index in [0.717, 1.165) is 36.3 Å². The summed E-state index contributed by atoms with van der Waals surface area (Å²) >= 11 is 0. The van der Waals surface area contributed by atoms with Gasteiger partial charge < -0.3 is 10.7 Å². The van der Waals surface area contributed by atoms with E-state index in [1.165, 1.54) is 12.3 Å². The summed E-state index contributed by atoms with van der Waals surface area (Å²) in [4.78, 5) is 11.1. The highest BCUT2D eigenvalue weighted by Crippen LogP contribution is 2.16. The topological polar surface area (TPSA) is 67.6 Å². The molecule has 0 amide bonds. The van der Waals surface area contributed by atoms with Gasteiger partial charge in [0.05, 0.1) is 11.9 Å². The highest BCUT2D eigenvalue weighted by Gasteiger charge is 2.03. The number of unbranched alkanes of at least 4 members (excludes halogenated alkanes) is 1. The Kier molecular flexibility index (Phi) is 3.82. The SMILES string of the molecule is NCCCCc1ncc(-c2ccc(F)nc2)[nH]1. The van der Waals surface area contributed by atoms with Crippen LogP contribution in [-0.4, -0.2) is 21.5 Å². The third kappa shape index (κ3) is 3.10. The molecule has 0 spiro atoms. The highest BCUT2D eigenvalue weighted by atomic mass is 19.1. The predicted molar refractivity (Wildman–Crippen MR) is 63.8 cm³/mol. The zero-order valence-corrected chi connectivity index (χ0v) is 9.49. The summed E-state index contributed by atoms with van der Waals surface area (Å²) < 4.78 is 12.7. The maximum absolute atomic E-state index is 12.7. The van der Waals surface area contributed by atoms with Crippen molar-refractivity contribution in [2.45, 2.75) is 19.3 Å². The highest BCUT2D eigenvalue weighted by molar-refractivity contribution is 5.56. The summed E-state index contributed by atoms with van der Waals surface area (Å²) in [6, 6.07) is 3.02. The number of halogens is 1. The van der Waals surface area contributed by atoms with Crippen LogP contribution in [-0.2, 0) is 6.42 Å². The molecule has 5 heteroatoms. The Hall–Kier alpha value is -1.75. The minimum Gasteiger partial charge on any atom is -0.342 e. The van der Waals surface area contributed by atoms with Crippen LogP contribution in [0.1, 0.15) is 18.7 Å². The molecule has 90 valence electrons. The van der Waals surface area contributed by atoms with E-state index in [1.54, 1.807) is 12.3 Å². The summed E-state index contributed by atoms with van der Waals surface area (Å²) in [5.74, 6) is 0.453. The Morgan fingerprint density at radius 1 is 1.18 bits per heavy atom. The van der Waals surface area contributed by atoms with Crippen LogP contribution >= 0.6 is 0 Å². The monoisotopic (exact) mass is 234 g/mol. The average Bonchev–Trinajstić information content (AvgIpc) is 2.79. The minimum absolute atomic E-state index is 0.476. The fourth-order valence-corrected chi connectivity index (χ4v) is 1.61. The van der Waals surface area contributed by atoms with E-state index in [-0.39, 0.29) is 0 Å². The molecule has 0 aliphatic rings. The van der Waals surface area contributed by atoms with Gasteiger partial charge in [-0.05, 0) is 31.5 Å². The Bertz CT molecular complexity index is 464. The number of imidazole rings is 1. The second-order valence-electron chi connectivity index (χ2n) is 3.86. The molecule has 2 aromatic rings. The van der Waals surface area contributed by atoms with Gasteiger partial charge in [-0.3, -0.25) is 0 Å². The van der Waals surface area contributed by atoms with Crippen LogP contribution in [0.25, 0.3) is 11.3 Å². The summed E-state index contributed by atoms with van der Waals surface area (Å²) in [7, 11) is 0. The molecule has 0 radical (unpaired) electrons. The average molecular weight is 234 g/mol. The van der Waals surface area contributed by atoms with Gasteiger partial charge in [0.15, 0.2) is 0 Å². The molecule has 0 aliphatic carbocycles. The number of pyridine rings is 1. The normalized spacial score (nSPS) is 10.7. The summed E-state index contributed by atoms with van der Waals surface area (Å²) in [5, 5.41) is 0. The third-order valence-corrected chi connectivity index (χ3v) is 2.53. The number of aryl methyl sites for hydroxylation is 1. The van der Waals surface area contributed by atoms with Gasteiger partial charge in [0.2, 0.25) is 5.95 Å². The van der Waals surface area contributed by atoms with Gasteiger partial charge in [-0.2, -0.15) is 4.39 Å². The van der Waals surface area contributed by atoms with Crippen molar-refractivity contribution in [3.05, 3.63) is 36.3 Å². The second kappa shape index (κ2) is 5.54. The van der Waals surface area contributed by atoms with Crippen molar-refractivity contribution in [1.29, 1.82) is 0 Å². The van der Waals surface area contributed by atoms with E-state index in [4.69, 9.17) is 5.73 Å². The number of hydrogen-bond acceptors (Lipinski definition) is 3. The van der Waals surface area contributed by atoms with E-state index in [9.17, 15) is 4.39 Å². The fraction of sp³-hybridized carbons (Fsp3) is 0.333. The molecule has 0 saturated carbocycles. The van der Waals surface area contributed by atoms with Gasteiger partial charge in [-0.25, -0.2) is 9.97 Å². The van der Waals surface area contributed by atoms with E-state index >= 15 is 0 Å². The molecule has 0 aliphatic heterocycles. The van der Waals surface area contributed by atoms with E-state index in [0.29, 0.717) is 6.54 Å². The van der Waals surface area contributed by atoms with Crippen LogP contribution in [0.5, 0.6) is 0 Å². The van der Waals surface area contributed by atoms with E-state index < -0.39 is 5.95 Å². The maximum Gasteiger partial charge on any atom is 0.212 e. The van der Waals surface area contributed by atoms with Gasteiger partial charge in [0.25, 0.3) is 0 Å². The molecule has 0 fully saturated rings. The Morgan fingerprint density at radius 2 is 2.06 bits per heavy atom. The molecule has 17 heavy (non-hydrogen) atoms. The third-order valence-electron chi connectivity index (χ3n) is 2.53. The lowest BCUT2D eigenvalue weighted by atomic mass is 10.2. The number of aromatic amines is 1. The molecule has 3 N–H and O–H groups in total. The maximum atomic E-state index is 12.7. The van der Waals surface area contributed by atoms with Crippen LogP contribution in [0.3, 0.4) is 0 Å². The lowest BCUT2D eigenvalue weighted by Crippen LogP contribution is -1.99. The van der Waals surface area contributed by atoms with Gasteiger partial charge in [-0.15, -0.1) is 0 Å². The number of hydrogen-bond donors (Lipinski definition) is 2. The molecule has 4 nitrogen and oxygen atoms in total. The lowest BCUT2D eigenvalue weighted by molar-refractivity contribution is 0.584. The Morgan fingerprint density at radius 3 is 2.76 bits per heavy atom. The van der Waals surface area contributed by atoms with Gasteiger partial charge >= 0.3 is 0 Å². The first-order valence-corrected chi connectivity index (χ1v) is 5.65. The molecular weight excluding hydrogens is 219 g/mol. The van der Waals surface area contributed by atoms with Crippen molar-refractivity contribution >= 4 is 0 Å². The number of nitrogens with one attached hydrogen (secondary N) is 1. The number of rotatable bonds is 5. The molecule has 0 bridgehead atoms. The molecule has 2 heterocycles. The van der Waals surface area contributed by atoms with E-state index in [2.05, 4.69) is 15.0 Å². The van der Waals surface area contributed by atoms with Crippen LogP contribution in [0.4, 0.5) is 4.39 Å². The molecule has 0 aromatic carbocycles. The van der Waals surface area contributed by atoms with Crippen LogP contribution in [0.2, 0.25) is 0 Å². The van der Waals surface area contributed by atoms with Crippen molar-refractivity contribution in [3.63, 3.8) is 0 Å². The number of H-pyrrole nitrogens is 1. The molecular formula is C12H15FN4. The van der Waals surface area contributed by atoms with Crippen molar-refractivity contribution < 1.29 is 4.39 Å². The largest absolute Gasteiger partial charge is 0.342 e. The van der Waals surface area contributed by atoms with E-state index in [1.807, 2.05) is 0 Å². The zero-order chi connectivity index (χ0) is 12.1. The van der Waals surface area contributed by atoms with Crippen LogP contribution < -0.4 is 5.73 Å². The summed E-state index contributed by atoms with van der Waals surface area (Å²) in [5.41, 5.74) is 7.13. The standard InChI is InChI=1S/C12H15FN4/c13-11-5-4-9(7-15-11)10-8-16-12(17-10)3-1-2-6-14/h4-5,7-8H,1-3,6,14H2,(H,16,17). The first-order valence-electron chi connectivity index (χ1n) is 5.65. The molecule has 0 atom stereocenters. The quantitative estimate of drug-likeness (QED) is 0.613. The smallest absolute Gasteiger partial charge is 0.212 e. The van der Waals surface area contributed by atoms with Crippen molar-refractivity contribution in [2.24, 2.45) is 5.73 Å². The van der Waals surface area contributed by atoms with Gasteiger partial charge in [0.1, 0.15) is 5.82 Å². The van der Waals surface area contributed by atoms with Crippen LogP contribution in [0.15, 0.2) is 24.5 Å². The number of aromatic nitrogens is 3. The number of nitrogens with two attached hydrogens (primary N) is 1. The molecule has 2 rings (SSSR count). The van der Waals surface area contributed by atoms with Crippen LogP contribution in [0, 0.1) is 5.95 Å². The first kappa shape index (κ1) is 11.7. The first-order chi connectivity index (χ1) is 8.29. The van der Waals surface area contributed by atoms with Gasteiger partial charge in [-0.1, -0.05) is 0 Å². The minimum atomic E-state index is -0.476. The molecule has 0 unspecified atom stereocenters. The van der Waals surface area contributed by atoms with Gasteiger partial charge in [0, 0.05) is 18.2 Å². The molecule has 0 saturated heterocycles. The predicted octanol–water partition coefficient (Wildman–Crippen LogP) is 1.89. The van der Waals surface area contributed by atoms with Crippen molar-refractivity contribution in [3.8, 4) is 11.3 Å². The fourth-order valence-electron chi connectivity index (χ4n) is 1.61. The second-order valence-corrected chi connectivity index (χ2v) is 3.86. The van der Waals surface area contributed by atoms with Crippen molar-refractivity contribution in [2.75, 3.05) is 6.54 Å². The molecule has 2 aromatic heterocycles. The lowest BCUT2D eigenvalue weighted by Gasteiger charge is -1.97. The Balaban J connectivity index is 2.04. The summed E-state index contributed by atoms with van der Waals surface area (Å²) in [6.07, 6.45) is 6.13. The number of nitrogens with zero attached hydrogens (tertiary/aromatic N) is 2. The Labute approximate surface area is 99.1 Å². The summed E-state index contributed by atoms with van der Waals surface area (Å²) in [6.45, 7) is 0.704.